The fraction of sp³-hybridized carbons (Fsp3) is 0.250. The first-order chi connectivity index (χ1) is 12.5. The number of carbonyl (C=O) groups excluding carboxylic acids is 2. The van der Waals surface area contributed by atoms with Crippen molar-refractivity contribution in [3.8, 4) is 17.7 Å². The molecule has 3 rings (SSSR count). The van der Waals surface area contributed by atoms with Gasteiger partial charge in [-0.3, -0.25) is 4.79 Å². The van der Waals surface area contributed by atoms with E-state index >= 15 is 0 Å². The van der Waals surface area contributed by atoms with Gasteiger partial charge in [0.05, 0.1) is 6.54 Å². The van der Waals surface area contributed by atoms with Crippen LogP contribution < -0.4 is 9.64 Å². The van der Waals surface area contributed by atoms with Gasteiger partial charge in [-0.1, -0.05) is 30.2 Å². The number of piperazine rings is 1. The lowest BCUT2D eigenvalue weighted by molar-refractivity contribution is -0.130. The Labute approximate surface area is 152 Å². The van der Waals surface area contributed by atoms with Crippen molar-refractivity contribution >= 4 is 17.7 Å². The van der Waals surface area contributed by atoms with Gasteiger partial charge in [-0.05, 0) is 24.6 Å². The van der Waals surface area contributed by atoms with Crippen LogP contribution in [0.2, 0.25) is 0 Å². The minimum absolute atomic E-state index is 0.0320. The topological polar surface area (TPSA) is 62.7 Å². The second-order valence-corrected chi connectivity index (χ2v) is 6.03. The van der Waals surface area contributed by atoms with Crippen LogP contribution in [0.3, 0.4) is 0 Å². The van der Waals surface area contributed by atoms with Crippen molar-refractivity contribution in [2.24, 2.45) is 0 Å². The molecule has 2 heterocycles. The maximum absolute atomic E-state index is 12.0. The van der Waals surface area contributed by atoms with Gasteiger partial charge in [-0.15, -0.1) is 0 Å². The summed E-state index contributed by atoms with van der Waals surface area (Å²) in [7, 11) is 1.78. The highest BCUT2D eigenvalue weighted by atomic mass is 16.5. The number of likely N-dealkylation sites (N-methyl/N-ethyl adjacent to an activating group) is 1. The predicted octanol–water partition coefficient (Wildman–Crippen LogP) is 1.63. The maximum atomic E-state index is 12.0. The van der Waals surface area contributed by atoms with Gasteiger partial charge in [0.2, 0.25) is 11.8 Å². The summed E-state index contributed by atoms with van der Waals surface area (Å²) in [6.07, 6.45) is 0. The summed E-state index contributed by atoms with van der Waals surface area (Å²) < 4.78 is 5.21. The van der Waals surface area contributed by atoms with E-state index in [0.29, 0.717) is 18.9 Å². The number of aryl methyl sites for hydroxylation is 1. The summed E-state index contributed by atoms with van der Waals surface area (Å²) in [6, 6.07) is 12.7. The number of pyridine rings is 1. The molecule has 1 aromatic heterocycles. The molecule has 0 N–H and O–H groups in total. The van der Waals surface area contributed by atoms with E-state index in [1.165, 1.54) is 0 Å². The molecule has 132 valence electrons. The quantitative estimate of drug-likeness (QED) is 0.609. The molecule has 0 saturated carbocycles. The van der Waals surface area contributed by atoms with Crippen molar-refractivity contribution in [3.63, 3.8) is 0 Å². The number of aromatic nitrogens is 1. The summed E-state index contributed by atoms with van der Waals surface area (Å²) in [5.74, 6) is 5.41. The van der Waals surface area contributed by atoms with Crippen molar-refractivity contribution in [1.82, 2.24) is 9.88 Å². The minimum atomic E-state index is -0.674. The highest BCUT2D eigenvalue weighted by molar-refractivity contribution is 5.90. The lowest BCUT2D eigenvalue weighted by Gasteiger charge is -2.32. The fourth-order valence-electron chi connectivity index (χ4n) is 2.54. The molecule has 2 aromatic rings. The Morgan fingerprint density at radius 3 is 2.73 bits per heavy atom. The van der Waals surface area contributed by atoms with E-state index < -0.39 is 5.97 Å². The molecule has 26 heavy (non-hydrogen) atoms. The lowest BCUT2D eigenvalue weighted by Crippen LogP contribution is -2.48. The Hall–Kier alpha value is -3.33. The van der Waals surface area contributed by atoms with Crippen LogP contribution in [-0.2, 0) is 9.59 Å². The molecule has 1 saturated heterocycles. The highest BCUT2D eigenvalue weighted by Crippen LogP contribution is 2.17. The fourth-order valence-corrected chi connectivity index (χ4v) is 2.54. The van der Waals surface area contributed by atoms with E-state index in [-0.39, 0.29) is 18.3 Å². The monoisotopic (exact) mass is 349 g/mol. The number of benzene rings is 1. The average Bonchev–Trinajstić information content (AvgIpc) is 2.63. The second kappa shape index (κ2) is 7.70. The van der Waals surface area contributed by atoms with Crippen LogP contribution in [0.5, 0.6) is 5.88 Å². The Morgan fingerprint density at radius 2 is 1.96 bits per heavy atom. The first-order valence-corrected chi connectivity index (χ1v) is 8.28. The molecule has 0 bridgehead atoms. The van der Waals surface area contributed by atoms with Crippen LogP contribution in [0.15, 0.2) is 42.5 Å². The predicted molar refractivity (Wildman–Crippen MR) is 97.8 cm³/mol. The number of anilines is 1. The SMILES string of the molecule is Cc1ccccc1C#CC(=O)Oc1cccc(N2CCN(C)C(=O)C2)n1. The van der Waals surface area contributed by atoms with Crippen molar-refractivity contribution in [2.75, 3.05) is 31.6 Å². The molecule has 6 nitrogen and oxygen atoms in total. The van der Waals surface area contributed by atoms with Crippen molar-refractivity contribution in [3.05, 3.63) is 53.6 Å². The molecule has 0 aliphatic carbocycles. The largest absolute Gasteiger partial charge is 0.398 e. The van der Waals surface area contributed by atoms with Gasteiger partial charge in [0, 0.05) is 37.7 Å². The zero-order valence-corrected chi connectivity index (χ0v) is 14.7. The van der Waals surface area contributed by atoms with Crippen LogP contribution >= 0.6 is 0 Å². The zero-order valence-electron chi connectivity index (χ0n) is 14.7. The Balaban J connectivity index is 1.68. The number of hydrogen-bond acceptors (Lipinski definition) is 5. The number of esters is 1. The average molecular weight is 349 g/mol. The summed E-state index contributed by atoms with van der Waals surface area (Å²) in [6.45, 7) is 3.50. The van der Waals surface area contributed by atoms with E-state index in [1.807, 2.05) is 36.1 Å². The second-order valence-electron chi connectivity index (χ2n) is 6.03. The molecule has 0 atom stereocenters. The highest BCUT2D eigenvalue weighted by Gasteiger charge is 2.22. The van der Waals surface area contributed by atoms with Gasteiger partial charge >= 0.3 is 5.97 Å². The van der Waals surface area contributed by atoms with Gasteiger partial charge in [0.25, 0.3) is 0 Å². The van der Waals surface area contributed by atoms with Gasteiger partial charge < -0.3 is 14.5 Å². The molecule has 1 aromatic carbocycles. The first kappa shape index (κ1) is 17.5. The minimum Gasteiger partial charge on any atom is -0.398 e. The van der Waals surface area contributed by atoms with Crippen molar-refractivity contribution in [1.29, 1.82) is 0 Å². The van der Waals surface area contributed by atoms with Gasteiger partial charge in [0.1, 0.15) is 5.82 Å². The molecule has 1 amide bonds. The molecular formula is C20H19N3O3. The molecule has 1 fully saturated rings. The van der Waals surface area contributed by atoms with Crippen LogP contribution in [0.1, 0.15) is 11.1 Å². The zero-order chi connectivity index (χ0) is 18.5. The summed E-state index contributed by atoms with van der Waals surface area (Å²) >= 11 is 0. The van der Waals surface area contributed by atoms with Crippen LogP contribution in [-0.4, -0.2) is 48.4 Å². The molecular weight excluding hydrogens is 330 g/mol. The molecule has 0 radical (unpaired) electrons. The number of amides is 1. The molecule has 0 spiro atoms. The summed E-state index contributed by atoms with van der Waals surface area (Å²) in [5, 5.41) is 0. The van der Waals surface area contributed by atoms with Crippen LogP contribution in [0, 0.1) is 18.8 Å². The lowest BCUT2D eigenvalue weighted by atomic mass is 10.1. The van der Waals surface area contributed by atoms with E-state index in [9.17, 15) is 9.59 Å². The van der Waals surface area contributed by atoms with Crippen molar-refractivity contribution < 1.29 is 14.3 Å². The van der Waals surface area contributed by atoms with E-state index in [4.69, 9.17) is 4.74 Å². The summed E-state index contributed by atoms with van der Waals surface area (Å²) in [4.78, 5) is 31.7. The number of carbonyl (C=O) groups is 2. The molecule has 1 aliphatic heterocycles. The van der Waals surface area contributed by atoms with Gasteiger partial charge in [0.15, 0.2) is 0 Å². The third kappa shape index (κ3) is 4.19. The Bertz CT molecular complexity index is 898. The smallest absolute Gasteiger partial charge is 0.391 e. The van der Waals surface area contributed by atoms with Gasteiger partial charge in [-0.2, -0.15) is 4.98 Å². The molecule has 0 unspecified atom stereocenters. The normalized spacial score (nSPS) is 13.8. The number of rotatable bonds is 2. The van der Waals surface area contributed by atoms with Crippen LogP contribution in [0.25, 0.3) is 0 Å². The Morgan fingerprint density at radius 1 is 1.15 bits per heavy atom. The third-order valence-electron chi connectivity index (χ3n) is 4.13. The van der Waals surface area contributed by atoms with E-state index in [2.05, 4.69) is 16.8 Å². The number of nitrogens with zero attached hydrogens (tertiary/aromatic N) is 3. The van der Waals surface area contributed by atoms with E-state index in [0.717, 1.165) is 11.1 Å². The molecule has 6 heteroatoms. The maximum Gasteiger partial charge on any atom is 0.391 e. The van der Waals surface area contributed by atoms with Crippen LogP contribution in [0.4, 0.5) is 5.82 Å². The molecule has 1 aliphatic rings. The number of hydrogen-bond donors (Lipinski definition) is 0. The van der Waals surface area contributed by atoms with Crippen molar-refractivity contribution in [2.45, 2.75) is 6.92 Å². The van der Waals surface area contributed by atoms with Gasteiger partial charge in [-0.25, -0.2) is 4.79 Å². The van der Waals surface area contributed by atoms with E-state index in [1.54, 1.807) is 30.1 Å². The Kier molecular flexibility index (Phi) is 5.18. The first-order valence-electron chi connectivity index (χ1n) is 8.28. The summed E-state index contributed by atoms with van der Waals surface area (Å²) in [5.41, 5.74) is 1.77. The standard InChI is InChI=1S/C20H19N3O3/c1-15-6-3-4-7-16(15)10-11-20(25)26-18-9-5-8-17(21-18)23-13-12-22(2)19(24)14-23/h3-9H,12-14H2,1-2H3. The number of ether oxygens (including phenoxy) is 1. The third-order valence-corrected chi connectivity index (χ3v) is 4.13.